The van der Waals surface area contributed by atoms with Crippen LogP contribution in [0.25, 0.3) is 10.7 Å². The predicted molar refractivity (Wildman–Crippen MR) is 111 cm³/mol. The van der Waals surface area contributed by atoms with Gasteiger partial charge in [0, 0.05) is 20.7 Å². The molecule has 0 amide bonds. The Labute approximate surface area is 177 Å². The zero-order valence-electron chi connectivity index (χ0n) is 16.1. The second-order valence-corrected chi connectivity index (χ2v) is 10.8. The molecule has 4 rings (SSSR count). The highest BCUT2D eigenvalue weighted by Gasteiger charge is 2.24. The van der Waals surface area contributed by atoms with Crippen LogP contribution in [0.4, 0.5) is 0 Å². The molecule has 3 aromatic heterocycles. The fourth-order valence-electron chi connectivity index (χ4n) is 3.03. The molecule has 29 heavy (non-hydrogen) atoms. The summed E-state index contributed by atoms with van der Waals surface area (Å²) in [6.45, 7) is 1.49. The van der Waals surface area contributed by atoms with Gasteiger partial charge in [0.2, 0.25) is 5.09 Å². The van der Waals surface area contributed by atoms with E-state index in [9.17, 15) is 8.42 Å². The number of hydrogen-bond donors (Lipinski definition) is 0. The number of sulfonamides is 1. The molecule has 8 nitrogen and oxygen atoms in total. The summed E-state index contributed by atoms with van der Waals surface area (Å²) in [5, 5.41) is 11.5. The quantitative estimate of drug-likeness (QED) is 0.482. The summed E-state index contributed by atoms with van der Waals surface area (Å²) < 4.78 is 39.0. The van der Waals surface area contributed by atoms with Gasteiger partial charge in [0.05, 0.1) is 23.3 Å². The van der Waals surface area contributed by atoms with E-state index in [0.29, 0.717) is 18.1 Å². The number of ether oxygens (including phenoxy) is 1. The maximum absolute atomic E-state index is 12.2. The normalized spacial score (nSPS) is 17.4. The van der Waals surface area contributed by atoms with Gasteiger partial charge in [-0.25, -0.2) is 12.7 Å². The smallest absolute Gasteiger partial charge is 0.275 e. The highest BCUT2D eigenvalue weighted by Crippen LogP contribution is 2.31. The molecule has 1 aliphatic heterocycles. The second-order valence-electron chi connectivity index (χ2n) is 6.83. The molecule has 0 radical (unpaired) electrons. The summed E-state index contributed by atoms with van der Waals surface area (Å²) in [4.78, 5) is 1.06. The summed E-state index contributed by atoms with van der Waals surface area (Å²) in [5.74, 6) is 1.85. The van der Waals surface area contributed by atoms with Crippen molar-refractivity contribution in [3.63, 3.8) is 0 Å². The SMILES string of the molecule is CN(C)S(=O)(=O)c1ccc(CSc2nnc(-c3cccs3)n2CC2CCCO2)o1. The second kappa shape index (κ2) is 8.60. The third kappa shape index (κ3) is 4.43. The predicted octanol–water partition coefficient (Wildman–Crippen LogP) is 3.32. The van der Waals surface area contributed by atoms with E-state index in [1.165, 1.54) is 31.9 Å². The van der Waals surface area contributed by atoms with Gasteiger partial charge in [0.25, 0.3) is 10.0 Å². The minimum absolute atomic E-state index is 0.0572. The van der Waals surface area contributed by atoms with Gasteiger partial charge in [-0.1, -0.05) is 17.8 Å². The van der Waals surface area contributed by atoms with Crippen molar-refractivity contribution in [3.8, 4) is 10.7 Å². The van der Waals surface area contributed by atoms with E-state index in [0.717, 1.165) is 39.6 Å². The third-order valence-electron chi connectivity index (χ3n) is 4.58. The van der Waals surface area contributed by atoms with Gasteiger partial charge in [0.1, 0.15) is 5.76 Å². The number of hydrogen-bond acceptors (Lipinski definition) is 8. The van der Waals surface area contributed by atoms with Gasteiger partial charge < -0.3 is 9.15 Å². The first kappa shape index (κ1) is 20.6. The first-order valence-corrected chi connectivity index (χ1v) is 12.5. The lowest BCUT2D eigenvalue weighted by molar-refractivity contribution is 0.0953. The minimum Gasteiger partial charge on any atom is -0.447 e. The van der Waals surface area contributed by atoms with E-state index in [1.54, 1.807) is 17.4 Å². The van der Waals surface area contributed by atoms with Crippen LogP contribution in [0.2, 0.25) is 0 Å². The number of thiophene rings is 1. The van der Waals surface area contributed by atoms with Gasteiger partial charge in [-0.3, -0.25) is 4.57 Å². The third-order valence-corrected chi connectivity index (χ3v) is 8.13. The highest BCUT2D eigenvalue weighted by atomic mass is 32.2. The molecule has 0 aromatic carbocycles. The van der Waals surface area contributed by atoms with Crippen LogP contribution in [0.1, 0.15) is 18.6 Å². The van der Waals surface area contributed by atoms with Crippen LogP contribution in [0.3, 0.4) is 0 Å². The Morgan fingerprint density at radius 2 is 2.17 bits per heavy atom. The lowest BCUT2D eigenvalue weighted by Gasteiger charge is -2.14. The Bertz CT molecular complexity index is 1050. The summed E-state index contributed by atoms with van der Waals surface area (Å²) >= 11 is 3.09. The topological polar surface area (TPSA) is 90.5 Å². The van der Waals surface area contributed by atoms with Crippen molar-refractivity contribution in [3.05, 3.63) is 35.4 Å². The number of thioether (sulfide) groups is 1. The van der Waals surface area contributed by atoms with Gasteiger partial charge in [0.15, 0.2) is 11.0 Å². The Morgan fingerprint density at radius 3 is 2.86 bits per heavy atom. The molecule has 0 aliphatic carbocycles. The standard InChI is InChI=1S/C18H22N4O4S3/c1-21(2)29(23,24)16-8-7-14(26-16)12-28-18-20-19-17(15-6-4-10-27-15)22(18)11-13-5-3-9-25-13/h4,6-8,10,13H,3,5,9,11-12H2,1-2H3. The number of aromatic nitrogens is 3. The number of furan rings is 1. The molecular weight excluding hydrogens is 432 g/mol. The van der Waals surface area contributed by atoms with Crippen LogP contribution in [0, 0.1) is 0 Å². The van der Waals surface area contributed by atoms with Gasteiger partial charge in [-0.15, -0.1) is 21.5 Å². The summed E-state index contributed by atoms with van der Waals surface area (Å²) in [6, 6.07) is 7.19. The van der Waals surface area contributed by atoms with Gasteiger partial charge >= 0.3 is 0 Å². The molecule has 1 unspecified atom stereocenters. The summed E-state index contributed by atoms with van der Waals surface area (Å²) in [7, 11) is -0.623. The maximum Gasteiger partial charge on any atom is 0.275 e. The summed E-state index contributed by atoms with van der Waals surface area (Å²) in [5.41, 5.74) is 0. The monoisotopic (exact) mass is 454 g/mol. The lowest BCUT2D eigenvalue weighted by atomic mass is 10.2. The molecule has 0 spiro atoms. The zero-order chi connectivity index (χ0) is 20.4. The largest absolute Gasteiger partial charge is 0.447 e. The van der Waals surface area contributed by atoms with Crippen LogP contribution in [0.15, 0.2) is 44.3 Å². The highest BCUT2D eigenvalue weighted by molar-refractivity contribution is 7.98. The molecule has 0 bridgehead atoms. The molecule has 156 valence electrons. The van der Waals surface area contributed by atoms with E-state index in [2.05, 4.69) is 14.8 Å². The Hall–Kier alpha value is -1.66. The van der Waals surface area contributed by atoms with Crippen molar-refractivity contribution in [2.45, 2.75) is 41.5 Å². The first-order chi connectivity index (χ1) is 13.9. The van der Waals surface area contributed by atoms with Crippen molar-refractivity contribution < 1.29 is 17.6 Å². The molecular formula is C18H22N4O4S3. The van der Waals surface area contributed by atoms with E-state index >= 15 is 0 Å². The number of rotatable bonds is 8. The molecule has 1 atom stereocenters. The van der Waals surface area contributed by atoms with Crippen molar-refractivity contribution in [2.24, 2.45) is 0 Å². The molecule has 11 heteroatoms. The van der Waals surface area contributed by atoms with Crippen molar-refractivity contribution in [1.29, 1.82) is 0 Å². The van der Waals surface area contributed by atoms with Crippen LogP contribution >= 0.6 is 23.1 Å². The molecule has 1 saturated heterocycles. The lowest BCUT2D eigenvalue weighted by Crippen LogP contribution is -2.21. The average molecular weight is 455 g/mol. The Morgan fingerprint density at radius 1 is 1.31 bits per heavy atom. The van der Waals surface area contributed by atoms with E-state index in [-0.39, 0.29) is 11.2 Å². The van der Waals surface area contributed by atoms with Crippen LogP contribution in [-0.4, -0.2) is 54.3 Å². The number of nitrogens with zero attached hydrogens (tertiary/aromatic N) is 4. The van der Waals surface area contributed by atoms with Crippen LogP contribution < -0.4 is 0 Å². The molecule has 4 heterocycles. The molecule has 3 aromatic rings. The fraction of sp³-hybridized carbons (Fsp3) is 0.444. The van der Waals surface area contributed by atoms with Crippen LogP contribution in [-0.2, 0) is 27.1 Å². The van der Waals surface area contributed by atoms with Crippen molar-refractivity contribution >= 4 is 33.1 Å². The van der Waals surface area contributed by atoms with E-state index < -0.39 is 10.0 Å². The molecule has 0 N–H and O–H groups in total. The first-order valence-electron chi connectivity index (χ1n) is 9.18. The Kier molecular flexibility index (Phi) is 6.11. The van der Waals surface area contributed by atoms with Gasteiger partial charge in [-0.2, -0.15) is 0 Å². The Balaban J connectivity index is 1.53. The molecule has 0 saturated carbocycles. The van der Waals surface area contributed by atoms with Crippen molar-refractivity contribution in [1.82, 2.24) is 19.1 Å². The van der Waals surface area contributed by atoms with E-state index in [4.69, 9.17) is 9.15 Å². The zero-order valence-corrected chi connectivity index (χ0v) is 18.6. The van der Waals surface area contributed by atoms with E-state index in [1.807, 2.05) is 17.5 Å². The average Bonchev–Trinajstić information content (AvgIpc) is 3.47. The summed E-state index contributed by atoms with van der Waals surface area (Å²) in [6.07, 6.45) is 2.25. The van der Waals surface area contributed by atoms with Gasteiger partial charge in [-0.05, 0) is 36.4 Å². The fourth-order valence-corrected chi connectivity index (χ4v) is 5.40. The maximum atomic E-state index is 12.2. The van der Waals surface area contributed by atoms with Crippen molar-refractivity contribution in [2.75, 3.05) is 20.7 Å². The molecule has 1 aliphatic rings. The minimum atomic E-state index is -3.58. The van der Waals surface area contributed by atoms with Crippen LogP contribution in [0.5, 0.6) is 0 Å². The molecule has 1 fully saturated rings.